The summed E-state index contributed by atoms with van der Waals surface area (Å²) < 4.78 is 0. The van der Waals surface area contributed by atoms with Crippen LogP contribution in [0.2, 0.25) is 0 Å². The summed E-state index contributed by atoms with van der Waals surface area (Å²) in [7, 11) is 0. The van der Waals surface area contributed by atoms with Gasteiger partial charge in [-0.25, -0.2) is 0 Å². The molecule has 0 aliphatic heterocycles. The number of hydrogen-bond donors (Lipinski definition) is 2. The summed E-state index contributed by atoms with van der Waals surface area (Å²) >= 11 is 0. The van der Waals surface area contributed by atoms with Gasteiger partial charge in [-0.2, -0.15) is 0 Å². The van der Waals surface area contributed by atoms with E-state index in [0.717, 1.165) is 32.1 Å². The highest BCUT2D eigenvalue weighted by Gasteiger charge is 2.27. The predicted molar refractivity (Wildman–Crippen MR) is 64.5 cm³/mol. The molecule has 1 rings (SSSR count). The molecule has 17 heavy (non-hydrogen) atoms. The van der Waals surface area contributed by atoms with Gasteiger partial charge in [-0.1, -0.05) is 6.42 Å². The number of rotatable bonds is 9. The number of nitrogens with zero attached hydrogens (tertiary/aromatic N) is 1. The van der Waals surface area contributed by atoms with Gasteiger partial charge >= 0.3 is 5.97 Å². The Balaban J connectivity index is 2.27. The minimum Gasteiger partial charge on any atom is -0.480 e. The quantitative estimate of drug-likeness (QED) is 0.586. The molecule has 0 unspecified atom stereocenters. The molecule has 0 bridgehead atoms. The van der Waals surface area contributed by atoms with Gasteiger partial charge in [0, 0.05) is 13.0 Å². The SMILES string of the molecule is NCCCCCC(=O)N(CC(=O)O)CC1CC1. The normalized spacial score (nSPS) is 14.6. The Hall–Kier alpha value is -1.10. The smallest absolute Gasteiger partial charge is 0.323 e. The maximum absolute atomic E-state index is 11.8. The number of aliphatic carboxylic acids is 1. The van der Waals surface area contributed by atoms with E-state index in [9.17, 15) is 9.59 Å². The van der Waals surface area contributed by atoms with Gasteiger partial charge in [0.15, 0.2) is 0 Å². The molecule has 0 spiro atoms. The van der Waals surface area contributed by atoms with Crippen molar-refractivity contribution in [1.82, 2.24) is 4.90 Å². The molecular weight excluding hydrogens is 220 g/mol. The fourth-order valence-corrected chi connectivity index (χ4v) is 1.79. The second-order valence-corrected chi connectivity index (χ2v) is 4.71. The average Bonchev–Trinajstić information content (AvgIpc) is 3.06. The standard InChI is InChI=1S/C12H22N2O3/c13-7-3-1-2-4-11(15)14(9-12(16)17)8-10-5-6-10/h10H,1-9,13H2,(H,16,17). The first-order chi connectivity index (χ1) is 8.13. The number of carbonyl (C=O) groups excluding carboxylic acids is 1. The van der Waals surface area contributed by atoms with Crippen LogP contribution in [0.1, 0.15) is 38.5 Å². The van der Waals surface area contributed by atoms with Crippen LogP contribution in [0.3, 0.4) is 0 Å². The molecule has 1 saturated carbocycles. The van der Waals surface area contributed by atoms with E-state index in [-0.39, 0.29) is 12.5 Å². The third-order valence-corrected chi connectivity index (χ3v) is 2.95. The molecule has 1 fully saturated rings. The molecule has 1 amide bonds. The molecule has 1 aliphatic carbocycles. The highest BCUT2D eigenvalue weighted by Crippen LogP contribution is 2.29. The summed E-state index contributed by atoms with van der Waals surface area (Å²) in [6, 6.07) is 0. The molecule has 98 valence electrons. The maximum Gasteiger partial charge on any atom is 0.323 e. The molecule has 0 radical (unpaired) electrons. The van der Waals surface area contributed by atoms with Gasteiger partial charge in [-0.05, 0) is 38.1 Å². The maximum atomic E-state index is 11.8. The van der Waals surface area contributed by atoms with Gasteiger partial charge in [0.2, 0.25) is 5.91 Å². The van der Waals surface area contributed by atoms with Crippen LogP contribution in [-0.2, 0) is 9.59 Å². The van der Waals surface area contributed by atoms with Crippen LogP contribution in [0.15, 0.2) is 0 Å². The number of carboxylic acids is 1. The van der Waals surface area contributed by atoms with E-state index in [1.165, 1.54) is 4.90 Å². The van der Waals surface area contributed by atoms with E-state index >= 15 is 0 Å². The molecule has 0 aromatic carbocycles. The topological polar surface area (TPSA) is 83.6 Å². The molecule has 3 N–H and O–H groups in total. The van der Waals surface area contributed by atoms with Crippen LogP contribution in [0, 0.1) is 5.92 Å². The van der Waals surface area contributed by atoms with Crippen LogP contribution in [0.4, 0.5) is 0 Å². The zero-order valence-electron chi connectivity index (χ0n) is 10.2. The number of unbranched alkanes of at least 4 members (excludes halogenated alkanes) is 2. The molecule has 5 heteroatoms. The average molecular weight is 242 g/mol. The van der Waals surface area contributed by atoms with E-state index in [0.29, 0.717) is 25.4 Å². The molecule has 0 atom stereocenters. The lowest BCUT2D eigenvalue weighted by molar-refractivity contribution is -0.144. The monoisotopic (exact) mass is 242 g/mol. The van der Waals surface area contributed by atoms with Gasteiger partial charge in [0.25, 0.3) is 0 Å². The van der Waals surface area contributed by atoms with Crippen molar-refractivity contribution in [1.29, 1.82) is 0 Å². The summed E-state index contributed by atoms with van der Waals surface area (Å²) in [5.41, 5.74) is 5.37. The molecular formula is C12H22N2O3. The Morgan fingerprint density at radius 1 is 1.24 bits per heavy atom. The Labute approximate surface area is 102 Å². The Bertz CT molecular complexity index is 264. The van der Waals surface area contributed by atoms with Crippen molar-refractivity contribution < 1.29 is 14.7 Å². The Morgan fingerprint density at radius 3 is 2.47 bits per heavy atom. The molecule has 0 aromatic heterocycles. The van der Waals surface area contributed by atoms with E-state index in [4.69, 9.17) is 10.8 Å². The first-order valence-electron chi connectivity index (χ1n) is 6.33. The van der Waals surface area contributed by atoms with Crippen molar-refractivity contribution in [3.8, 4) is 0 Å². The van der Waals surface area contributed by atoms with Crippen LogP contribution >= 0.6 is 0 Å². The van der Waals surface area contributed by atoms with Gasteiger partial charge in [0.05, 0.1) is 0 Å². The third kappa shape index (κ3) is 6.26. The number of carboxylic acid groups (broad SMARTS) is 1. The zero-order valence-corrected chi connectivity index (χ0v) is 10.2. The number of nitrogens with two attached hydrogens (primary N) is 1. The fraction of sp³-hybridized carbons (Fsp3) is 0.833. The predicted octanol–water partition coefficient (Wildman–Crippen LogP) is 0.829. The lowest BCUT2D eigenvalue weighted by Gasteiger charge is -2.20. The lowest BCUT2D eigenvalue weighted by Crippen LogP contribution is -2.37. The summed E-state index contributed by atoms with van der Waals surface area (Å²) in [4.78, 5) is 24.0. The second kappa shape index (κ2) is 7.27. The van der Waals surface area contributed by atoms with Crippen molar-refractivity contribution >= 4 is 11.9 Å². The second-order valence-electron chi connectivity index (χ2n) is 4.71. The molecule has 0 heterocycles. The van der Waals surface area contributed by atoms with Crippen LogP contribution in [-0.4, -0.2) is 41.5 Å². The van der Waals surface area contributed by atoms with Crippen molar-refractivity contribution in [2.75, 3.05) is 19.6 Å². The first kappa shape index (κ1) is 14.0. The van der Waals surface area contributed by atoms with Crippen LogP contribution in [0.25, 0.3) is 0 Å². The molecule has 0 saturated heterocycles. The third-order valence-electron chi connectivity index (χ3n) is 2.95. The summed E-state index contributed by atoms with van der Waals surface area (Å²) in [6.07, 6.45) is 5.35. The van der Waals surface area contributed by atoms with Gasteiger partial charge < -0.3 is 15.7 Å². The molecule has 5 nitrogen and oxygen atoms in total. The first-order valence-corrected chi connectivity index (χ1v) is 6.33. The van der Waals surface area contributed by atoms with Crippen LogP contribution in [0.5, 0.6) is 0 Å². The lowest BCUT2D eigenvalue weighted by atomic mass is 10.1. The van der Waals surface area contributed by atoms with Gasteiger partial charge in [-0.15, -0.1) is 0 Å². The molecule has 1 aliphatic rings. The highest BCUT2D eigenvalue weighted by atomic mass is 16.4. The van der Waals surface area contributed by atoms with E-state index in [1.54, 1.807) is 0 Å². The van der Waals surface area contributed by atoms with E-state index in [1.807, 2.05) is 0 Å². The van der Waals surface area contributed by atoms with Gasteiger partial charge in [0.1, 0.15) is 6.54 Å². The summed E-state index contributed by atoms with van der Waals surface area (Å²) in [5.74, 6) is -0.431. The van der Waals surface area contributed by atoms with Crippen molar-refractivity contribution in [3.63, 3.8) is 0 Å². The minimum absolute atomic E-state index is 0.0312. The van der Waals surface area contributed by atoms with E-state index in [2.05, 4.69) is 0 Å². The van der Waals surface area contributed by atoms with Crippen LogP contribution < -0.4 is 5.73 Å². The number of amides is 1. The van der Waals surface area contributed by atoms with Gasteiger partial charge in [-0.3, -0.25) is 9.59 Å². The van der Waals surface area contributed by atoms with Crippen molar-refractivity contribution in [3.05, 3.63) is 0 Å². The minimum atomic E-state index is -0.930. The van der Waals surface area contributed by atoms with E-state index < -0.39 is 5.97 Å². The summed E-state index contributed by atoms with van der Waals surface area (Å²) in [6.45, 7) is 1.10. The summed E-state index contributed by atoms with van der Waals surface area (Å²) in [5, 5.41) is 8.77. The zero-order chi connectivity index (χ0) is 12.7. The fourth-order valence-electron chi connectivity index (χ4n) is 1.79. The number of carbonyl (C=O) groups is 2. The number of hydrogen-bond acceptors (Lipinski definition) is 3. The Morgan fingerprint density at radius 2 is 1.94 bits per heavy atom. The van der Waals surface area contributed by atoms with Crippen molar-refractivity contribution in [2.24, 2.45) is 11.7 Å². The highest BCUT2D eigenvalue weighted by molar-refractivity contribution is 5.81. The Kier molecular flexibility index (Phi) is 5.97. The largest absolute Gasteiger partial charge is 0.480 e. The molecule has 0 aromatic rings. The van der Waals surface area contributed by atoms with Crippen molar-refractivity contribution in [2.45, 2.75) is 38.5 Å².